The van der Waals surface area contributed by atoms with Gasteiger partial charge in [-0.1, -0.05) is 6.92 Å². The minimum absolute atomic E-state index is 0.117. The first-order valence-electron chi connectivity index (χ1n) is 9.90. The van der Waals surface area contributed by atoms with E-state index in [1.807, 2.05) is 20.8 Å². The molecule has 9 heteroatoms. The van der Waals surface area contributed by atoms with Crippen LogP contribution in [0.2, 0.25) is 0 Å². The summed E-state index contributed by atoms with van der Waals surface area (Å²) in [5.74, 6) is -0.438. The fraction of sp³-hybridized carbons (Fsp3) is 0.429. The van der Waals surface area contributed by atoms with Gasteiger partial charge in [0.15, 0.2) is 6.10 Å². The largest absolute Gasteiger partial charge is 0.494 e. The first-order chi connectivity index (χ1) is 14.3. The molecule has 2 atom stereocenters. The molecule has 0 aliphatic rings. The highest BCUT2D eigenvalue weighted by atomic mass is 16.5. The number of anilines is 1. The van der Waals surface area contributed by atoms with Crippen molar-refractivity contribution >= 4 is 23.6 Å². The van der Waals surface area contributed by atoms with Crippen LogP contribution in [0.5, 0.6) is 5.75 Å². The highest BCUT2D eigenvalue weighted by molar-refractivity contribution is 5.97. The third kappa shape index (κ3) is 6.33. The smallest absolute Gasteiger partial charge is 0.326 e. The molecular formula is C21H28N4O5. The molecule has 0 spiro atoms. The highest BCUT2D eigenvalue weighted by Crippen LogP contribution is 2.17. The van der Waals surface area contributed by atoms with Crippen molar-refractivity contribution in [3.8, 4) is 5.75 Å². The second-order valence-corrected chi connectivity index (χ2v) is 6.68. The number of nitrogens with one attached hydrogen (secondary N) is 2. The summed E-state index contributed by atoms with van der Waals surface area (Å²) in [6.45, 7) is 7.51. The van der Waals surface area contributed by atoms with Gasteiger partial charge in [-0.25, -0.2) is 4.68 Å². The number of carbonyl (C=O) groups is 3. The van der Waals surface area contributed by atoms with E-state index in [0.29, 0.717) is 23.7 Å². The molecule has 2 amide bonds. The molecule has 0 radical (unpaired) electrons. The van der Waals surface area contributed by atoms with Gasteiger partial charge in [0.1, 0.15) is 18.1 Å². The van der Waals surface area contributed by atoms with Gasteiger partial charge < -0.3 is 20.1 Å². The lowest BCUT2D eigenvalue weighted by atomic mass is 10.2. The van der Waals surface area contributed by atoms with Gasteiger partial charge in [0.25, 0.3) is 11.8 Å². The van der Waals surface area contributed by atoms with Crippen LogP contribution < -0.4 is 15.4 Å². The van der Waals surface area contributed by atoms with E-state index < -0.39 is 23.9 Å². The van der Waals surface area contributed by atoms with Crippen LogP contribution in [0, 0.1) is 0 Å². The number of benzene rings is 1. The summed E-state index contributed by atoms with van der Waals surface area (Å²) in [6.07, 6.45) is 1.41. The lowest BCUT2D eigenvalue weighted by molar-refractivity contribution is -0.152. The van der Waals surface area contributed by atoms with Crippen LogP contribution in [0.1, 0.15) is 50.5 Å². The van der Waals surface area contributed by atoms with Crippen molar-refractivity contribution < 1.29 is 23.9 Å². The van der Waals surface area contributed by atoms with E-state index in [2.05, 4.69) is 15.7 Å². The molecule has 162 valence electrons. The molecule has 1 aromatic carbocycles. The summed E-state index contributed by atoms with van der Waals surface area (Å²) >= 11 is 0. The fourth-order valence-electron chi connectivity index (χ4n) is 2.58. The monoisotopic (exact) mass is 416 g/mol. The SMILES string of the molecule is CCOc1ccc(C(=O)NCC(=O)O[C@@H](C)C(=O)Nc2ccnn2[C@@H](C)CC)cc1. The number of amides is 2. The normalized spacial score (nSPS) is 12.5. The zero-order valence-electron chi connectivity index (χ0n) is 17.7. The van der Waals surface area contributed by atoms with E-state index in [1.54, 1.807) is 41.2 Å². The van der Waals surface area contributed by atoms with Crippen LogP contribution in [-0.4, -0.2) is 46.8 Å². The van der Waals surface area contributed by atoms with Crippen molar-refractivity contribution in [2.75, 3.05) is 18.5 Å². The first-order valence-corrected chi connectivity index (χ1v) is 9.90. The molecule has 0 saturated carbocycles. The Morgan fingerprint density at radius 3 is 2.43 bits per heavy atom. The van der Waals surface area contributed by atoms with Gasteiger partial charge in [-0.15, -0.1) is 0 Å². The molecule has 0 aliphatic heterocycles. The van der Waals surface area contributed by atoms with E-state index in [1.165, 1.54) is 6.92 Å². The Bertz CT molecular complexity index is 863. The van der Waals surface area contributed by atoms with Gasteiger partial charge in [-0.3, -0.25) is 14.4 Å². The van der Waals surface area contributed by atoms with Crippen LogP contribution in [0.4, 0.5) is 5.82 Å². The molecule has 0 saturated heterocycles. The van der Waals surface area contributed by atoms with E-state index in [9.17, 15) is 14.4 Å². The maximum absolute atomic E-state index is 12.3. The number of esters is 1. The lowest BCUT2D eigenvalue weighted by Gasteiger charge is -2.17. The molecule has 1 heterocycles. The molecule has 9 nitrogen and oxygen atoms in total. The molecule has 1 aromatic heterocycles. The Labute approximate surface area is 175 Å². The summed E-state index contributed by atoms with van der Waals surface area (Å²) < 4.78 is 12.1. The molecule has 30 heavy (non-hydrogen) atoms. The number of hydrogen-bond donors (Lipinski definition) is 2. The van der Waals surface area contributed by atoms with Gasteiger partial charge >= 0.3 is 5.97 Å². The van der Waals surface area contributed by atoms with Crippen molar-refractivity contribution in [1.29, 1.82) is 0 Å². The van der Waals surface area contributed by atoms with Gasteiger partial charge in [0.2, 0.25) is 0 Å². The summed E-state index contributed by atoms with van der Waals surface area (Å²) in [7, 11) is 0. The van der Waals surface area contributed by atoms with Crippen LogP contribution in [0.15, 0.2) is 36.5 Å². The van der Waals surface area contributed by atoms with Crippen molar-refractivity contribution in [3.63, 3.8) is 0 Å². The minimum Gasteiger partial charge on any atom is -0.494 e. The van der Waals surface area contributed by atoms with Gasteiger partial charge in [-0.05, 0) is 51.5 Å². The fourth-order valence-corrected chi connectivity index (χ4v) is 2.58. The quantitative estimate of drug-likeness (QED) is 0.576. The third-order valence-electron chi connectivity index (χ3n) is 4.43. The summed E-state index contributed by atoms with van der Waals surface area (Å²) in [4.78, 5) is 36.5. The Hall–Kier alpha value is -3.36. The molecule has 0 unspecified atom stereocenters. The molecule has 0 bridgehead atoms. The Morgan fingerprint density at radius 2 is 1.80 bits per heavy atom. The van der Waals surface area contributed by atoms with Crippen LogP contribution in [-0.2, 0) is 14.3 Å². The van der Waals surface area contributed by atoms with Crippen LogP contribution in [0.3, 0.4) is 0 Å². The molecule has 0 aliphatic carbocycles. The third-order valence-corrected chi connectivity index (χ3v) is 4.43. The second-order valence-electron chi connectivity index (χ2n) is 6.68. The molecule has 2 aromatic rings. The average molecular weight is 416 g/mol. The zero-order valence-corrected chi connectivity index (χ0v) is 17.7. The Kier molecular flexibility index (Phi) is 8.40. The predicted octanol–water partition coefficient (Wildman–Crippen LogP) is 2.55. The standard InChI is InChI=1S/C21H28N4O5/c1-5-14(3)25-18(11-12-23-25)24-20(27)15(4)30-19(26)13-22-21(28)16-7-9-17(10-8-16)29-6-2/h7-12,14-15H,5-6,13H2,1-4H3,(H,22,28)(H,24,27)/t14-,15-/m0/s1. The zero-order chi connectivity index (χ0) is 22.1. The molecule has 2 rings (SSSR count). The number of hydrogen-bond acceptors (Lipinski definition) is 6. The van der Waals surface area contributed by atoms with Crippen molar-refractivity contribution in [2.45, 2.75) is 46.3 Å². The maximum Gasteiger partial charge on any atom is 0.326 e. The van der Waals surface area contributed by atoms with Crippen molar-refractivity contribution in [3.05, 3.63) is 42.1 Å². The van der Waals surface area contributed by atoms with Gasteiger partial charge in [0, 0.05) is 11.6 Å². The second kappa shape index (κ2) is 11.0. The lowest BCUT2D eigenvalue weighted by Crippen LogP contribution is -2.36. The van der Waals surface area contributed by atoms with Crippen LogP contribution in [0.25, 0.3) is 0 Å². The number of nitrogens with zero attached hydrogens (tertiary/aromatic N) is 2. The minimum atomic E-state index is -1.03. The Balaban J connectivity index is 1.81. The highest BCUT2D eigenvalue weighted by Gasteiger charge is 2.20. The average Bonchev–Trinajstić information content (AvgIpc) is 3.20. The van der Waals surface area contributed by atoms with E-state index in [-0.39, 0.29) is 12.6 Å². The van der Waals surface area contributed by atoms with Gasteiger partial charge in [-0.2, -0.15) is 5.10 Å². The summed E-state index contributed by atoms with van der Waals surface area (Å²) in [5.41, 5.74) is 0.385. The summed E-state index contributed by atoms with van der Waals surface area (Å²) in [5, 5.41) is 9.37. The predicted molar refractivity (Wildman–Crippen MR) is 111 cm³/mol. The summed E-state index contributed by atoms with van der Waals surface area (Å²) in [6, 6.07) is 8.34. The topological polar surface area (TPSA) is 112 Å². The van der Waals surface area contributed by atoms with Gasteiger partial charge in [0.05, 0.1) is 18.8 Å². The first kappa shape index (κ1) is 22.9. The maximum atomic E-state index is 12.3. The molecule has 0 fully saturated rings. The number of ether oxygens (including phenoxy) is 2. The van der Waals surface area contributed by atoms with E-state index >= 15 is 0 Å². The Morgan fingerprint density at radius 1 is 1.10 bits per heavy atom. The van der Waals surface area contributed by atoms with Crippen molar-refractivity contribution in [1.82, 2.24) is 15.1 Å². The van der Waals surface area contributed by atoms with Crippen molar-refractivity contribution in [2.24, 2.45) is 0 Å². The number of aromatic nitrogens is 2. The van der Waals surface area contributed by atoms with Crippen LogP contribution >= 0.6 is 0 Å². The molecular weight excluding hydrogens is 388 g/mol. The molecule has 2 N–H and O–H groups in total. The number of carbonyl (C=O) groups excluding carboxylic acids is 3. The van der Waals surface area contributed by atoms with E-state index in [0.717, 1.165) is 6.42 Å². The number of rotatable bonds is 10. The van der Waals surface area contributed by atoms with E-state index in [4.69, 9.17) is 9.47 Å².